The summed E-state index contributed by atoms with van der Waals surface area (Å²) < 4.78 is 15.9. The number of hydrogen-bond acceptors (Lipinski definition) is 7. The number of benzene rings is 2. The van der Waals surface area contributed by atoms with E-state index >= 15 is 0 Å². The molecule has 4 rings (SSSR count). The molecule has 1 saturated heterocycles. The molecule has 0 unspecified atom stereocenters. The second-order valence-corrected chi connectivity index (χ2v) is 6.13. The molecule has 1 aromatic heterocycles. The van der Waals surface area contributed by atoms with Crippen LogP contribution < -0.4 is 4.90 Å². The number of hydrogen-bond donors (Lipinski definition) is 0. The molecule has 1 aliphatic heterocycles. The van der Waals surface area contributed by atoms with Gasteiger partial charge in [-0.2, -0.15) is 0 Å². The van der Waals surface area contributed by atoms with Crippen LogP contribution in [0.1, 0.15) is 10.4 Å². The Morgan fingerprint density at radius 1 is 1.00 bits per heavy atom. The van der Waals surface area contributed by atoms with Gasteiger partial charge in [0.25, 0.3) is 0 Å². The van der Waals surface area contributed by atoms with Crippen molar-refractivity contribution in [1.82, 2.24) is 10.2 Å². The monoisotopic (exact) mass is 365 g/mol. The molecule has 3 aromatic rings. The SMILES string of the molecule is COC(=O)c1cccc(-c2nnc(-c3ccc(N4CCOCC4)cc3)o2)c1. The van der Waals surface area contributed by atoms with E-state index in [1.54, 1.807) is 18.2 Å². The number of aromatic nitrogens is 2. The molecule has 0 spiro atoms. The molecule has 0 saturated carbocycles. The Morgan fingerprint density at radius 2 is 1.70 bits per heavy atom. The Labute approximate surface area is 156 Å². The summed E-state index contributed by atoms with van der Waals surface area (Å²) in [6, 6.07) is 14.9. The Kier molecular flexibility index (Phi) is 4.84. The first-order valence-electron chi connectivity index (χ1n) is 8.70. The van der Waals surface area contributed by atoms with E-state index in [-0.39, 0.29) is 0 Å². The summed E-state index contributed by atoms with van der Waals surface area (Å²) in [6.07, 6.45) is 0. The highest BCUT2D eigenvalue weighted by Crippen LogP contribution is 2.26. The molecule has 0 amide bonds. The fourth-order valence-electron chi connectivity index (χ4n) is 2.99. The predicted octanol–water partition coefficient (Wildman–Crippen LogP) is 3.03. The zero-order chi connectivity index (χ0) is 18.6. The average Bonchev–Trinajstić information content (AvgIpc) is 3.24. The molecule has 27 heavy (non-hydrogen) atoms. The van der Waals surface area contributed by atoms with E-state index in [0.717, 1.165) is 37.6 Å². The number of ether oxygens (including phenoxy) is 2. The van der Waals surface area contributed by atoms with Crippen molar-refractivity contribution < 1.29 is 18.7 Å². The largest absolute Gasteiger partial charge is 0.465 e. The van der Waals surface area contributed by atoms with Gasteiger partial charge in [-0.1, -0.05) is 6.07 Å². The lowest BCUT2D eigenvalue weighted by molar-refractivity contribution is 0.0601. The van der Waals surface area contributed by atoms with E-state index in [2.05, 4.69) is 15.1 Å². The maximum absolute atomic E-state index is 11.7. The molecule has 0 radical (unpaired) electrons. The van der Waals surface area contributed by atoms with Crippen molar-refractivity contribution in [2.75, 3.05) is 38.3 Å². The van der Waals surface area contributed by atoms with E-state index in [4.69, 9.17) is 13.9 Å². The standard InChI is InChI=1S/C20H19N3O4/c1-25-20(24)16-4-2-3-15(13-16)19-22-21-18(27-19)14-5-7-17(8-6-14)23-9-11-26-12-10-23/h2-8,13H,9-12H2,1H3. The number of carbonyl (C=O) groups excluding carboxylic acids is 1. The molecule has 1 aliphatic rings. The Hall–Kier alpha value is -3.19. The van der Waals surface area contributed by atoms with E-state index in [1.807, 2.05) is 30.3 Å². The molecule has 0 N–H and O–H groups in total. The van der Waals surface area contributed by atoms with E-state index < -0.39 is 5.97 Å². The molecule has 2 aromatic carbocycles. The third-order valence-corrected chi connectivity index (χ3v) is 4.45. The second-order valence-electron chi connectivity index (χ2n) is 6.13. The number of morpholine rings is 1. The molecule has 0 bridgehead atoms. The van der Waals surface area contributed by atoms with Crippen molar-refractivity contribution in [1.29, 1.82) is 0 Å². The number of rotatable bonds is 4. The first kappa shape index (κ1) is 17.2. The van der Waals surface area contributed by atoms with Gasteiger partial charge in [0.05, 0.1) is 25.9 Å². The quantitative estimate of drug-likeness (QED) is 0.658. The highest BCUT2D eigenvalue weighted by atomic mass is 16.5. The van der Waals surface area contributed by atoms with Crippen LogP contribution in [0.4, 0.5) is 5.69 Å². The minimum absolute atomic E-state index is 0.355. The third kappa shape index (κ3) is 3.68. The number of nitrogens with zero attached hydrogens (tertiary/aromatic N) is 3. The summed E-state index contributed by atoms with van der Waals surface area (Å²) in [4.78, 5) is 14.0. The lowest BCUT2D eigenvalue weighted by Crippen LogP contribution is -2.36. The molecule has 2 heterocycles. The van der Waals surface area contributed by atoms with Gasteiger partial charge in [-0.25, -0.2) is 4.79 Å². The Bertz CT molecular complexity index is 930. The minimum atomic E-state index is -0.407. The lowest BCUT2D eigenvalue weighted by atomic mass is 10.1. The van der Waals surface area contributed by atoms with Gasteiger partial charge in [0.1, 0.15) is 0 Å². The van der Waals surface area contributed by atoms with Crippen molar-refractivity contribution in [3.63, 3.8) is 0 Å². The van der Waals surface area contributed by atoms with Crippen LogP contribution in [-0.2, 0) is 9.47 Å². The first-order chi connectivity index (χ1) is 13.2. The molecule has 0 aliphatic carbocycles. The molecule has 1 fully saturated rings. The van der Waals surface area contributed by atoms with Gasteiger partial charge < -0.3 is 18.8 Å². The second kappa shape index (κ2) is 7.59. The van der Waals surface area contributed by atoms with Gasteiger partial charge in [-0.05, 0) is 42.5 Å². The van der Waals surface area contributed by atoms with Crippen LogP contribution in [0.2, 0.25) is 0 Å². The molecule has 0 atom stereocenters. The van der Waals surface area contributed by atoms with Gasteiger partial charge in [0, 0.05) is 29.9 Å². The smallest absolute Gasteiger partial charge is 0.337 e. The molecule has 138 valence electrons. The summed E-state index contributed by atoms with van der Waals surface area (Å²) in [7, 11) is 1.35. The van der Waals surface area contributed by atoms with Crippen molar-refractivity contribution in [2.24, 2.45) is 0 Å². The first-order valence-corrected chi connectivity index (χ1v) is 8.70. The number of carbonyl (C=O) groups is 1. The van der Waals surface area contributed by atoms with Crippen LogP contribution in [0.5, 0.6) is 0 Å². The zero-order valence-electron chi connectivity index (χ0n) is 14.9. The van der Waals surface area contributed by atoms with E-state index in [1.165, 1.54) is 7.11 Å². The van der Waals surface area contributed by atoms with Gasteiger partial charge in [0.2, 0.25) is 11.8 Å². The Morgan fingerprint density at radius 3 is 2.41 bits per heavy atom. The zero-order valence-corrected chi connectivity index (χ0v) is 14.9. The van der Waals surface area contributed by atoms with E-state index in [9.17, 15) is 4.79 Å². The summed E-state index contributed by atoms with van der Waals surface area (Å²) >= 11 is 0. The van der Waals surface area contributed by atoms with Crippen molar-refractivity contribution in [2.45, 2.75) is 0 Å². The van der Waals surface area contributed by atoms with Crippen LogP contribution in [0.3, 0.4) is 0 Å². The Balaban J connectivity index is 1.55. The van der Waals surface area contributed by atoms with Crippen molar-refractivity contribution in [3.05, 3.63) is 54.1 Å². The topological polar surface area (TPSA) is 77.7 Å². The molecular weight excluding hydrogens is 346 g/mol. The summed E-state index contributed by atoms with van der Waals surface area (Å²) in [6.45, 7) is 3.28. The lowest BCUT2D eigenvalue weighted by Gasteiger charge is -2.28. The van der Waals surface area contributed by atoms with E-state index in [0.29, 0.717) is 22.9 Å². The highest BCUT2D eigenvalue weighted by Gasteiger charge is 2.15. The summed E-state index contributed by atoms with van der Waals surface area (Å²) in [5.41, 5.74) is 3.09. The normalized spacial score (nSPS) is 14.2. The molecule has 7 nitrogen and oxygen atoms in total. The van der Waals surface area contributed by atoms with Crippen molar-refractivity contribution in [3.8, 4) is 22.9 Å². The predicted molar refractivity (Wildman–Crippen MR) is 99.5 cm³/mol. The maximum Gasteiger partial charge on any atom is 0.337 e. The number of esters is 1. The molecule has 7 heteroatoms. The van der Waals surface area contributed by atoms with Crippen molar-refractivity contribution >= 4 is 11.7 Å². The van der Waals surface area contributed by atoms with Gasteiger partial charge in [0.15, 0.2) is 0 Å². The number of methoxy groups -OCH3 is 1. The third-order valence-electron chi connectivity index (χ3n) is 4.45. The minimum Gasteiger partial charge on any atom is -0.465 e. The fraction of sp³-hybridized carbons (Fsp3) is 0.250. The van der Waals surface area contributed by atoms with Crippen LogP contribution in [-0.4, -0.2) is 49.6 Å². The van der Waals surface area contributed by atoms with Crippen LogP contribution in [0, 0.1) is 0 Å². The maximum atomic E-state index is 11.7. The summed E-state index contributed by atoms with van der Waals surface area (Å²) in [5, 5.41) is 8.24. The summed E-state index contributed by atoms with van der Waals surface area (Å²) in [5.74, 6) is 0.380. The fourth-order valence-corrected chi connectivity index (χ4v) is 2.99. The van der Waals surface area contributed by atoms with Crippen LogP contribution in [0.15, 0.2) is 52.9 Å². The van der Waals surface area contributed by atoms with Gasteiger partial charge in [-0.15, -0.1) is 10.2 Å². The molecular formula is C20H19N3O4. The average molecular weight is 365 g/mol. The van der Waals surface area contributed by atoms with Gasteiger partial charge >= 0.3 is 5.97 Å². The van der Waals surface area contributed by atoms with Crippen LogP contribution >= 0.6 is 0 Å². The number of anilines is 1. The highest BCUT2D eigenvalue weighted by molar-refractivity contribution is 5.90. The van der Waals surface area contributed by atoms with Crippen LogP contribution in [0.25, 0.3) is 22.9 Å². The van der Waals surface area contributed by atoms with Gasteiger partial charge in [-0.3, -0.25) is 0 Å².